The Labute approximate surface area is 212 Å². The predicted molar refractivity (Wildman–Crippen MR) is 136 cm³/mol. The summed E-state index contributed by atoms with van der Waals surface area (Å²) in [5.74, 6) is -0.469. The molecule has 0 atom stereocenters. The third kappa shape index (κ3) is 5.67. The molecule has 0 aliphatic carbocycles. The molecule has 178 valence electrons. The van der Waals surface area contributed by atoms with E-state index < -0.39 is 11.9 Å². The summed E-state index contributed by atoms with van der Waals surface area (Å²) in [6.07, 6.45) is 0. The van der Waals surface area contributed by atoms with Crippen LogP contribution in [-0.2, 0) is 9.53 Å². The zero-order valence-electron chi connectivity index (χ0n) is 18.7. The first kappa shape index (κ1) is 24.4. The van der Waals surface area contributed by atoms with Crippen LogP contribution in [0.15, 0.2) is 83.3 Å². The molecule has 1 amide bonds. The third-order valence-electron chi connectivity index (χ3n) is 4.99. The van der Waals surface area contributed by atoms with Crippen molar-refractivity contribution in [2.45, 2.75) is 6.92 Å². The van der Waals surface area contributed by atoms with Crippen molar-refractivity contribution in [1.82, 2.24) is 0 Å². The lowest BCUT2D eigenvalue weighted by atomic mass is 9.98. The second kappa shape index (κ2) is 11.1. The van der Waals surface area contributed by atoms with Gasteiger partial charge in [-0.2, -0.15) is 0 Å². The molecule has 0 bridgehead atoms. The largest absolute Gasteiger partial charge is 0.482 e. The van der Waals surface area contributed by atoms with Gasteiger partial charge in [-0.25, -0.2) is 4.79 Å². The molecule has 0 saturated heterocycles. The molecule has 1 N–H and O–H groups in total. The molecular weight excluding hydrogens is 489 g/mol. The molecule has 4 aromatic rings. The molecule has 3 aromatic carbocycles. The summed E-state index contributed by atoms with van der Waals surface area (Å²) < 4.78 is 16.9. The Hall–Kier alpha value is -3.74. The molecule has 4 rings (SSSR count). The number of furan rings is 1. The van der Waals surface area contributed by atoms with Crippen LogP contribution in [0.5, 0.6) is 5.75 Å². The van der Waals surface area contributed by atoms with E-state index in [1.165, 1.54) is 6.07 Å². The summed E-state index contributed by atoms with van der Waals surface area (Å²) >= 11 is 12.0. The molecule has 35 heavy (non-hydrogen) atoms. The standard InChI is InChI=1S/C27H21Cl2NO5/c1-2-33-27(32)24-23(17-9-5-3-6-10-17)25(18-11-7-4-8-12-18)35-26(24)30-22(31)16-34-21-14-13-19(28)15-20(21)29/h3-15H,2,16H2,1H3,(H,30,31). The van der Waals surface area contributed by atoms with Gasteiger partial charge in [0.1, 0.15) is 17.1 Å². The summed E-state index contributed by atoms with van der Waals surface area (Å²) in [5, 5.41) is 3.37. The summed E-state index contributed by atoms with van der Waals surface area (Å²) in [4.78, 5) is 25.8. The van der Waals surface area contributed by atoms with Crippen LogP contribution in [-0.4, -0.2) is 25.1 Å². The summed E-state index contributed by atoms with van der Waals surface area (Å²) in [6.45, 7) is 1.50. The smallest absolute Gasteiger partial charge is 0.344 e. The Kier molecular flexibility index (Phi) is 7.75. The zero-order valence-corrected chi connectivity index (χ0v) is 20.2. The number of rotatable bonds is 8. The fourth-order valence-corrected chi connectivity index (χ4v) is 3.95. The number of anilines is 1. The van der Waals surface area contributed by atoms with Gasteiger partial charge < -0.3 is 13.9 Å². The molecule has 6 nitrogen and oxygen atoms in total. The fourth-order valence-electron chi connectivity index (χ4n) is 3.49. The molecule has 0 saturated carbocycles. The third-order valence-corrected chi connectivity index (χ3v) is 5.52. The normalized spacial score (nSPS) is 10.6. The van der Waals surface area contributed by atoms with Gasteiger partial charge in [0.25, 0.3) is 5.91 Å². The van der Waals surface area contributed by atoms with E-state index in [4.69, 9.17) is 37.1 Å². The van der Waals surface area contributed by atoms with Gasteiger partial charge in [-0.15, -0.1) is 0 Å². The van der Waals surface area contributed by atoms with E-state index in [0.29, 0.717) is 22.1 Å². The topological polar surface area (TPSA) is 77.8 Å². The molecule has 0 fully saturated rings. The average molecular weight is 510 g/mol. The number of halogens is 2. The first-order valence-corrected chi connectivity index (χ1v) is 11.6. The Morgan fingerprint density at radius 2 is 1.57 bits per heavy atom. The van der Waals surface area contributed by atoms with Gasteiger partial charge in [0.2, 0.25) is 5.88 Å². The second-order valence-corrected chi connectivity index (χ2v) is 8.22. The van der Waals surface area contributed by atoms with Crippen molar-refractivity contribution >= 4 is 41.0 Å². The predicted octanol–water partition coefficient (Wildman–Crippen LogP) is 7.11. The van der Waals surface area contributed by atoms with E-state index >= 15 is 0 Å². The van der Waals surface area contributed by atoms with Crippen LogP contribution in [0.1, 0.15) is 17.3 Å². The number of hydrogen-bond acceptors (Lipinski definition) is 5. The van der Waals surface area contributed by atoms with Crippen LogP contribution >= 0.6 is 23.2 Å². The van der Waals surface area contributed by atoms with E-state index in [1.807, 2.05) is 60.7 Å². The molecule has 1 heterocycles. The Balaban J connectivity index is 1.72. The number of ether oxygens (including phenoxy) is 2. The lowest BCUT2D eigenvalue weighted by Gasteiger charge is -2.09. The van der Waals surface area contributed by atoms with E-state index in [9.17, 15) is 9.59 Å². The van der Waals surface area contributed by atoms with Crippen molar-refractivity contribution in [1.29, 1.82) is 0 Å². The van der Waals surface area contributed by atoms with E-state index in [1.54, 1.807) is 19.1 Å². The van der Waals surface area contributed by atoms with Crippen LogP contribution in [0.3, 0.4) is 0 Å². The number of carbonyl (C=O) groups is 2. The maximum atomic E-state index is 13.0. The van der Waals surface area contributed by atoms with Gasteiger partial charge in [0, 0.05) is 16.1 Å². The van der Waals surface area contributed by atoms with Crippen molar-refractivity contribution < 1.29 is 23.5 Å². The zero-order chi connectivity index (χ0) is 24.8. The number of nitrogens with one attached hydrogen (secondary N) is 1. The van der Waals surface area contributed by atoms with Crippen LogP contribution < -0.4 is 10.1 Å². The summed E-state index contributed by atoms with van der Waals surface area (Å²) in [5.41, 5.74) is 2.12. The maximum Gasteiger partial charge on any atom is 0.344 e. The molecule has 0 aliphatic rings. The molecular formula is C27H21Cl2NO5. The number of benzene rings is 3. The van der Waals surface area contributed by atoms with Crippen molar-refractivity contribution in [2.24, 2.45) is 0 Å². The Bertz CT molecular complexity index is 1340. The van der Waals surface area contributed by atoms with Crippen LogP contribution in [0, 0.1) is 0 Å². The first-order valence-electron chi connectivity index (χ1n) is 10.8. The average Bonchev–Trinajstić information content (AvgIpc) is 3.24. The van der Waals surface area contributed by atoms with Gasteiger partial charge in [-0.05, 0) is 30.7 Å². The number of carbonyl (C=O) groups excluding carboxylic acids is 2. The highest BCUT2D eigenvalue weighted by molar-refractivity contribution is 6.35. The first-order chi connectivity index (χ1) is 17.0. The highest BCUT2D eigenvalue weighted by atomic mass is 35.5. The highest BCUT2D eigenvalue weighted by Gasteiger charge is 2.29. The van der Waals surface area contributed by atoms with Gasteiger partial charge in [0.15, 0.2) is 6.61 Å². The maximum absolute atomic E-state index is 13.0. The molecule has 0 aliphatic heterocycles. The second-order valence-electron chi connectivity index (χ2n) is 7.37. The molecule has 1 aromatic heterocycles. The molecule has 0 unspecified atom stereocenters. The molecule has 0 spiro atoms. The minimum absolute atomic E-state index is 0.0306. The number of esters is 1. The van der Waals surface area contributed by atoms with E-state index in [-0.39, 0.29) is 29.7 Å². The summed E-state index contributed by atoms with van der Waals surface area (Å²) in [7, 11) is 0. The number of amides is 1. The highest BCUT2D eigenvalue weighted by Crippen LogP contribution is 2.42. The van der Waals surface area contributed by atoms with Gasteiger partial charge in [-0.1, -0.05) is 83.9 Å². The lowest BCUT2D eigenvalue weighted by molar-refractivity contribution is -0.118. The van der Waals surface area contributed by atoms with Crippen LogP contribution in [0.25, 0.3) is 22.5 Å². The fraction of sp³-hybridized carbons (Fsp3) is 0.111. The van der Waals surface area contributed by atoms with Crippen LogP contribution in [0.4, 0.5) is 5.88 Å². The monoisotopic (exact) mass is 509 g/mol. The van der Waals surface area contributed by atoms with Gasteiger partial charge in [0.05, 0.1) is 11.6 Å². The molecule has 0 radical (unpaired) electrons. The SMILES string of the molecule is CCOC(=O)c1c(NC(=O)COc2ccc(Cl)cc2Cl)oc(-c2ccccc2)c1-c1ccccc1. The summed E-state index contributed by atoms with van der Waals surface area (Å²) in [6, 6.07) is 23.3. The molecule has 8 heteroatoms. The van der Waals surface area contributed by atoms with Crippen molar-refractivity contribution in [3.63, 3.8) is 0 Å². The van der Waals surface area contributed by atoms with Crippen molar-refractivity contribution in [3.05, 3.63) is 94.5 Å². The minimum atomic E-state index is -0.616. The minimum Gasteiger partial charge on any atom is -0.482 e. The van der Waals surface area contributed by atoms with E-state index in [0.717, 1.165) is 11.1 Å². The van der Waals surface area contributed by atoms with Gasteiger partial charge >= 0.3 is 5.97 Å². The van der Waals surface area contributed by atoms with E-state index in [2.05, 4.69) is 5.32 Å². The Morgan fingerprint density at radius 1 is 0.914 bits per heavy atom. The number of hydrogen-bond donors (Lipinski definition) is 1. The Morgan fingerprint density at radius 3 is 2.20 bits per heavy atom. The lowest BCUT2D eigenvalue weighted by Crippen LogP contribution is -2.21. The van der Waals surface area contributed by atoms with Crippen molar-refractivity contribution in [3.8, 4) is 28.2 Å². The van der Waals surface area contributed by atoms with Crippen molar-refractivity contribution in [2.75, 3.05) is 18.5 Å². The van der Waals surface area contributed by atoms with Crippen LogP contribution in [0.2, 0.25) is 10.0 Å². The van der Waals surface area contributed by atoms with Gasteiger partial charge in [-0.3, -0.25) is 10.1 Å². The quantitative estimate of drug-likeness (QED) is 0.256.